The van der Waals surface area contributed by atoms with Crippen LogP contribution in [0.1, 0.15) is 5.56 Å². The molecule has 0 saturated carbocycles. The van der Waals surface area contributed by atoms with Crippen molar-refractivity contribution in [1.29, 1.82) is 0 Å². The van der Waals surface area contributed by atoms with E-state index >= 15 is 0 Å². The third-order valence-electron chi connectivity index (χ3n) is 4.49. The SMILES string of the molecule is PCc1ccc(-c2c(-c3ccccc3)ccc3ccccc23)cc1. The Hall–Kier alpha value is -2.43. The largest absolute Gasteiger partial charge is 0.133 e. The van der Waals surface area contributed by atoms with Gasteiger partial charge in [-0.05, 0) is 44.8 Å². The lowest BCUT2D eigenvalue weighted by atomic mass is 9.89. The normalized spacial score (nSPS) is 10.9. The van der Waals surface area contributed by atoms with Gasteiger partial charge < -0.3 is 0 Å². The van der Waals surface area contributed by atoms with E-state index in [0.29, 0.717) is 0 Å². The summed E-state index contributed by atoms with van der Waals surface area (Å²) in [4.78, 5) is 0. The minimum absolute atomic E-state index is 0.987. The zero-order valence-corrected chi connectivity index (χ0v) is 14.6. The first-order valence-corrected chi connectivity index (χ1v) is 9.05. The fraction of sp³-hybridized carbons (Fsp3) is 0.0435. The van der Waals surface area contributed by atoms with Gasteiger partial charge in [0.15, 0.2) is 0 Å². The molecule has 0 aliphatic heterocycles. The van der Waals surface area contributed by atoms with Gasteiger partial charge in [0.25, 0.3) is 0 Å². The van der Waals surface area contributed by atoms with Crippen molar-refractivity contribution in [2.24, 2.45) is 0 Å². The van der Waals surface area contributed by atoms with E-state index in [1.165, 1.54) is 38.6 Å². The zero-order chi connectivity index (χ0) is 16.4. The Morgan fingerprint density at radius 2 is 1.29 bits per heavy atom. The summed E-state index contributed by atoms with van der Waals surface area (Å²) < 4.78 is 0. The van der Waals surface area contributed by atoms with Crippen LogP contribution in [0, 0.1) is 0 Å². The molecule has 0 aliphatic rings. The van der Waals surface area contributed by atoms with Crippen LogP contribution in [0.5, 0.6) is 0 Å². The summed E-state index contributed by atoms with van der Waals surface area (Å²) in [7, 11) is 2.79. The lowest BCUT2D eigenvalue weighted by Gasteiger charge is -2.14. The van der Waals surface area contributed by atoms with Crippen molar-refractivity contribution in [3.63, 3.8) is 0 Å². The van der Waals surface area contributed by atoms with Crippen molar-refractivity contribution in [1.82, 2.24) is 0 Å². The summed E-state index contributed by atoms with van der Waals surface area (Å²) >= 11 is 0. The van der Waals surface area contributed by atoms with Crippen molar-refractivity contribution in [3.8, 4) is 22.3 Å². The summed E-state index contributed by atoms with van der Waals surface area (Å²) in [6.45, 7) is 0. The van der Waals surface area contributed by atoms with Gasteiger partial charge in [0, 0.05) is 0 Å². The number of hydrogen-bond acceptors (Lipinski definition) is 0. The Morgan fingerprint density at radius 3 is 2.04 bits per heavy atom. The van der Waals surface area contributed by atoms with Gasteiger partial charge in [0.1, 0.15) is 0 Å². The fourth-order valence-corrected chi connectivity index (χ4v) is 3.52. The van der Waals surface area contributed by atoms with Gasteiger partial charge in [-0.1, -0.05) is 91.0 Å². The zero-order valence-electron chi connectivity index (χ0n) is 13.4. The van der Waals surface area contributed by atoms with Gasteiger partial charge in [-0.2, -0.15) is 0 Å². The molecule has 0 nitrogen and oxygen atoms in total. The highest BCUT2D eigenvalue weighted by atomic mass is 31.0. The first-order valence-electron chi connectivity index (χ1n) is 8.23. The van der Waals surface area contributed by atoms with Crippen molar-refractivity contribution in [2.75, 3.05) is 0 Å². The minimum Gasteiger partial charge on any atom is -0.133 e. The smallest absolute Gasteiger partial charge is 0.00268 e. The van der Waals surface area contributed by atoms with Crippen LogP contribution in [0.2, 0.25) is 0 Å². The molecule has 0 bridgehead atoms. The van der Waals surface area contributed by atoms with Gasteiger partial charge >= 0.3 is 0 Å². The van der Waals surface area contributed by atoms with E-state index in [4.69, 9.17) is 0 Å². The maximum absolute atomic E-state index is 2.79. The van der Waals surface area contributed by atoms with Crippen LogP contribution in [0.25, 0.3) is 33.0 Å². The van der Waals surface area contributed by atoms with Crippen LogP contribution in [0.15, 0.2) is 91.0 Å². The highest BCUT2D eigenvalue weighted by molar-refractivity contribution is 7.15. The topological polar surface area (TPSA) is 0 Å². The van der Waals surface area contributed by atoms with E-state index in [1.807, 2.05) is 0 Å². The molecule has 0 radical (unpaired) electrons. The lowest BCUT2D eigenvalue weighted by molar-refractivity contribution is 1.42. The summed E-state index contributed by atoms with van der Waals surface area (Å²) in [6.07, 6.45) is 0.987. The van der Waals surface area contributed by atoms with Crippen molar-refractivity contribution in [2.45, 2.75) is 6.16 Å². The third kappa shape index (κ3) is 2.75. The Bertz CT molecular complexity index is 970. The Kier molecular flexibility index (Phi) is 4.15. The second kappa shape index (κ2) is 6.59. The lowest BCUT2D eigenvalue weighted by Crippen LogP contribution is -1.88. The molecule has 116 valence electrons. The molecular formula is C23H19P. The van der Waals surface area contributed by atoms with E-state index in [-0.39, 0.29) is 0 Å². The molecule has 0 aliphatic carbocycles. The Labute approximate surface area is 145 Å². The predicted octanol–water partition coefficient (Wildman–Crippen LogP) is 6.55. The molecular weight excluding hydrogens is 307 g/mol. The highest BCUT2D eigenvalue weighted by Gasteiger charge is 2.11. The molecule has 0 spiro atoms. The summed E-state index contributed by atoms with van der Waals surface area (Å²) in [5.41, 5.74) is 6.47. The van der Waals surface area contributed by atoms with Crippen molar-refractivity contribution >= 4 is 20.0 Å². The van der Waals surface area contributed by atoms with E-state index in [0.717, 1.165) is 6.16 Å². The summed E-state index contributed by atoms with van der Waals surface area (Å²) in [5.74, 6) is 0. The average molecular weight is 326 g/mol. The maximum atomic E-state index is 2.79. The Morgan fingerprint density at radius 1 is 0.583 bits per heavy atom. The molecule has 0 N–H and O–H groups in total. The van der Waals surface area contributed by atoms with Gasteiger partial charge in [0.2, 0.25) is 0 Å². The number of fused-ring (bicyclic) bond motifs is 1. The standard InChI is InChI=1S/C23H19P/c24-16-17-10-12-20(13-11-17)23-21-9-5-4-8-19(21)14-15-22(23)18-6-2-1-3-7-18/h1-15H,16,24H2. The molecule has 1 unspecified atom stereocenters. The van der Waals surface area contributed by atoms with E-state index in [2.05, 4.69) is 100 Å². The van der Waals surface area contributed by atoms with Crippen molar-refractivity contribution in [3.05, 3.63) is 96.6 Å². The van der Waals surface area contributed by atoms with Crippen molar-refractivity contribution < 1.29 is 0 Å². The highest BCUT2D eigenvalue weighted by Crippen LogP contribution is 2.38. The average Bonchev–Trinajstić information content (AvgIpc) is 2.68. The molecule has 0 saturated heterocycles. The number of hydrogen-bond donors (Lipinski definition) is 0. The van der Waals surface area contributed by atoms with Gasteiger partial charge in [-0.3, -0.25) is 0 Å². The van der Waals surface area contributed by atoms with Crippen LogP contribution in [-0.2, 0) is 6.16 Å². The molecule has 0 fully saturated rings. The molecule has 1 atom stereocenters. The third-order valence-corrected chi connectivity index (χ3v) is 4.96. The second-order valence-electron chi connectivity index (χ2n) is 5.98. The molecule has 0 heterocycles. The van der Waals surface area contributed by atoms with Gasteiger partial charge in [-0.25, -0.2) is 0 Å². The molecule has 4 aromatic rings. The molecule has 0 amide bonds. The monoisotopic (exact) mass is 326 g/mol. The van der Waals surface area contributed by atoms with Crippen LogP contribution in [0.4, 0.5) is 0 Å². The minimum atomic E-state index is 0.987. The molecule has 4 aromatic carbocycles. The first kappa shape index (κ1) is 15.1. The first-order chi connectivity index (χ1) is 11.9. The van der Waals surface area contributed by atoms with Crippen LogP contribution in [-0.4, -0.2) is 0 Å². The molecule has 4 rings (SSSR count). The van der Waals surface area contributed by atoms with E-state index < -0.39 is 0 Å². The van der Waals surface area contributed by atoms with E-state index in [1.54, 1.807) is 0 Å². The number of rotatable bonds is 3. The Balaban J connectivity index is 2.02. The summed E-state index contributed by atoms with van der Waals surface area (Å²) in [5, 5.41) is 2.58. The number of benzene rings is 4. The van der Waals surface area contributed by atoms with Crippen LogP contribution in [0.3, 0.4) is 0 Å². The molecule has 1 heteroatoms. The summed E-state index contributed by atoms with van der Waals surface area (Å²) in [6, 6.07) is 32.7. The predicted molar refractivity (Wildman–Crippen MR) is 108 cm³/mol. The van der Waals surface area contributed by atoms with Crippen LogP contribution >= 0.6 is 9.24 Å². The second-order valence-corrected chi connectivity index (χ2v) is 6.38. The van der Waals surface area contributed by atoms with Gasteiger partial charge in [-0.15, -0.1) is 9.24 Å². The van der Waals surface area contributed by atoms with Crippen LogP contribution < -0.4 is 0 Å². The quantitative estimate of drug-likeness (QED) is 0.374. The fourth-order valence-electron chi connectivity index (χ4n) is 3.25. The molecule has 0 aromatic heterocycles. The van der Waals surface area contributed by atoms with Gasteiger partial charge in [0.05, 0.1) is 0 Å². The van der Waals surface area contributed by atoms with E-state index in [9.17, 15) is 0 Å². The maximum Gasteiger partial charge on any atom is -0.00268 e. The molecule has 24 heavy (non-hydrogen) atoms.